The van der Waals surface area contributed by atoms with Crippen molar-refractivity contribution >= 4 is 87.4 Å². The zero-order chi connectivity index (χ0) is 9.99. The van der Waals surface area contributed by atoms with Crippen LogP contribution in [0, 0.1) is 0 Å². The second-order valence-electron chi connectivity index (χ2n) is 1.21. The summed E-state index contributed by atoms with van der Waals surface area (Å²) >= 11 is 0. The van der Waals surface area contributed by atoms with E-state index in [0.29, 0.717) is 0 Å². The Labute approximate surface area is 195 Å². The zero-order valence-electron chi connectivity index (χ0n) is 8.42. The fourth-order valence-electron chi connectivity index (χ4n) is 0. The zero-order valence-corrected chi connectivity index (χ0v) is 24.2. The van der Waals surface area contributed by atoms with Gasteiger partial charge in [-0.3, -0.25) is 0 Å². The van der Waals surface area contributed by atoms with Crippen LogP contribution in [0.5, 0.6) is 0 Å². The molecule has 0 bridgehead atoms. The van der Waals surface area contributed by atoms with Crippen LogP contribution in [0.1, 0.15) is 6.92 Å². The molecular formula is C2H3Cl6IrNa3O2Sn. The molecule has 0 atom stereocenters. The Morgan fingerprint density at radius 3 is 0.933 bits per heavy atom. The van der Waals surface area contributed by atoms with E-state index in [4.69, 9.17) is 67.4 Å². The minimum absolute atomic E-state index is 0. The summed E-state index contributed by atoms with van der Waals surface area (Å²) in [6.07, 6.45) is 0. The van der Waals surface area contributed by atoms with Gasteiger partial charge in [-0.05, 0) is 6.92 Å². The average molecular weight is 652 g/mol. The van der Waals surface area contributed by atoms with Gasteiger partial charge >= 0.3 is 153 Å². The molecule has 0 saturated carbocycles. The summed E-state index contributed by atoms with van der Waals surface area (Å²) in [6, 6.07) is 0. The van der Waals surface area contributed by atoms with Crippen molar-refractivity contribution in [2.45, 2.75) is 6.92 Å². The van der Waals surface area contributed by atoms with E-state index in [-0.39, 0.29) is 113 Å². The van der Waals surface area contributed by atoms with Crippen LogP contribution in [-0.4, -0.2) is 29.9 Å². The fraction of sp³-hybridized carbons (Fsp3) is 0.500. The molecule has 4 radical (unpaired) electrons. The molecule has 0 saturated heterocycles. The number of carbonyl (C=O) groups excluding carboxylic acids is 1. The van der Waals surface area contributed by atoms with Crippen LogP contribution >= 0.6 is 57.5 Å². The van der Waals surface area contributed by atoms with Crippen molar-refractivity contribution < 1.29 is 105 Å². The van der Waals surface area contributed by atoms with Gasteiger partial charge in [-0.2, -0.15) is 0 Å². The Balaban J connectivity index is -0.0000000230. The number of aliphatic carboxylic acids is 1. The molecule has 2 nitrogen and oxygen atoms in total. The van der Waals surface area contributed by atoms with Crippen molar-refractivity contribution in [3.8, 4) is 0 Å². The predicted molar refractivity (Wildman–Crippen MR) is 51.6 cm³/mol. The van der Waals surface area contributed by atoms with Gasteiger partial charge in [0.05, 0.1) is 0 Å². The normalized spacial score (nSPS) is 12.5. The van der Waals surface area contributed by atoms with Crippen LogP contribution in [0.25, 0.3) is 0 Å². The number of carboxylic acids is 1. The molecule has 0 aromatic heterocycles. The van der Waals surface area contributed by atoms with Crippen molar-refractivity contribution in [1.29, 1.82) is 0 Å². The first-order valence-corrected chi connectivity index (χ1v) is 19.5. The molecule has 0 rings (SSSR count). The molecule has 15 heavy (non-hydrogen) atoms. The first-order valence-electron chi connectivity index (χ1n) is 1.66. The van der Waals surface area contributed by atoms with Crippen LogP contribution in [0.3, 0.4) is 0 Å². The van der Waals surface area contributed by atoms with E-state index in [9.17, 15) is 0 Å². The van der Waals surface area contributed by atoms with Crippen molar-refractivity contribution in [1.82, 2.24) is 0 Å². The van der Waals surface area contributed by atoms with Gasteiger partial charge in [-0.15, -0.1) is 0 Å². The maximum absolute atomic E-state index is 8.89. The maximum Gasteiger partial charge on any atom is 1.00 e. The molecule has 0 spiro atoms. The second-order valence-corrected chi connectivity index (χ2v) is 53.1. The Morgan fingerprint density at radius 2 is 0.933 bits per heavy atom. The molecule has 81 valence electrons. The Bertz CT molecular complexity index is 152. The Morgan fingerprint density at radius 1 is 0.933 bits per heavy atom. The van der Waals surface area contributed by atoms with E-state index in [0.717, 1.165) is 6.92 Å². The minimum Gasteiger partial charge on any atom is 0 e. The van der Waals surface area contributed by atoms with Gasteiger partial charge in [-0.25, -0.2) is 0 Å². The molecule has 0 aromatic carbocycles. The molecule has 0 amide bonds. The topological polar surface area (TPSA) is 40.1 Å². The molecule has 13 heteroatoms. The third-order valence-electron chi connectivity index (χ3n) is 0. The molecule has 0 unspecified atom stereocenters. The van der Waals surface area contributed by atoms with E-state index in [2.05, 4.69) is 0 Å². The number of carboxylic acid groups (broad SMARTS) is 1. The number of carbonyl (C=O) groups is 1. The molecule has 0 fully saturated rings. The van der Waals surface area contributed by atoms with E-state index >= 15 is 0 Å². The van der Waals surface area contributed by atoms with Crippen molar-refractivity contribution in [2.24, 2.45) is 0 Å². The van der Waals surface area contributed by atoms with Gasteiger partial charge in [0, 0.05) is 29.9 Å². The predicted octanol–water partition coefficient (Wildman–Crippen LogP) is -6.48. The van der Waals surface area contributed by atoms with Crippen LogP contribution < -0.4 is 93.8 Å². The molecule has 0 aromatic rings. The van der Waals surface area contributed by atoms with E-state index in [1.807, 2.05) is 0 Å². The average Bonchev–Trinajstić information content (AvgIpc) is 1.11. The summed E-state index contributed by atoms with van der Waals surface area (Å²) in [5, 5.41) is 8.89. The van der Waals surface area contributed by atoms with Gasteiger partial charge < -0.3 is 9.90 Å². The van der Waals surface area contributed by atoms with Crippen molar-refractivity contribution in [2.75, 3.05) is 0 Å². The number of halogens is 6. The second kappa shape index (κ2) is 12.2. The van der Waals surface area contributed by atoms with Crippen LogP contribution in [0.15, 0.2) is 0 Å². The number of rotatable bonds is 0. The summed E-state index contributed by atoms with van der Waals surface area (Å²) in [6.45, 7) is -4.36. The minimum atomic E-state index is -5.33. The van der Waals surface area contributed by atoms with Crippen LogP contribution in [0.2, 0.25) is 0 Å². The molecular weight excluding hydrogens is 649 g/mol. The summed E-state index contributed by atoms with van der Waals surface area (Å²) in [5.74, 6) is -1.08. The van der Waals surface area contributed by atoms with E-state index < -0.39 is 12.8 Å². The van der Waals surface area contributed by atoms with Crippen molar-refractivity contribution in [3.63, 3.8) is 0 Å². The van der Waals surface area contributed by atoms with Crippen LogP contribution in [-0.2, 0) is 11.6 Å². The summed E-state index contributed by atoms with van der Waals surface area (Å²) in [4.78, 5) is 8.89. The largest absolute Gasteiger partial charge is 1.00 e. The monoisotopic (exact) mass is 651 g/mol. The fourth-order valence-corrected chi connectivity index (χ4v) is 0. The third kappa shape index (κ3) is 191. The first-order chi connectivity index (χ1) is 4.18. The first kappa shape index (κ1) is 37.2. The third-order valence-corrected chi connectivity index (χ3v) is 0. The summed E-state index contributed by atoms with van der Waals surface area (Å²) in [7, 11) is 30.3. The molecule has 0 aliphatic carbocycles. The smallest absolute Gasteiger partial charge is 0 e. The molecule has 0 aliphatic rings. The summed E-state index contributed by atoms with van der Waals surface area (Å²) < 4.78 is 0. The van der Waals surface area contributed by atoms with Gasteiger partial charge in [0.15, 0.2) is 0 Å². The van der Waals surface area contributed by atoms with Crippen LogP contribution in [0.4, 0.5) is 0 Å². The molecule has 0 heterocycles. The summed E-state index contributed by atoms with van der Waals surface area (Å²) in [5.41, 5.74) is 0. The maximum atomic E-state index is 8.89. The van der Waals surface area contributed by atoms with Gasteiger partial charge in [0.2, 0.25) is 0 Å². The standard InChI is InChI=1S/C2H4O2.6ClH.Ir.3Na.Sn/c1-2(3)4;;;;;;;;;;;/h1H3,(H,3,4);6*1H;;;;;/q;;;;;;;+4;3*+1;/p-7. The van der Waals surface area contributed by atoms with E-state index in [1.165, 1.54) is 0 Å². The molecule has 0 aliphatic heterocycles. The Kier molecular flexibility index (Phi) is 30.3. The number of hydrogen-bond donors (Lipinski definition) is 0. The van der Waals surface area contributed by atoms with Gasteiger partial charge in [0.25, 0.3) is 0 Å². The van der Waals surface area contributed by atoms with Gasteiger partial charge in [-0.1, -0.05) is 0 Å². The van der Waals surface area contributed by atoms with E-state index in [1.54, 1.807) is 0 Å². The quantitative estimate of drug-likeness (QED) is 0.245. The number of hydrogen-bond acceptors (Lipinski definition) is 2. The SMILES string of the molecule is CC(=O)[O-].[Cl][Ir-2]([Cl])([Cl])([Cl])([Cl])[Cl].[Na+].[Na+].[Na+].[Sn]. The Hall–Kier alpha value is 5.66. The van der Waals surface area contributed by atoms with Gasteiger partial charge in [0.1, 0.15) is 0 Å². The molecule has 0 N–H and O–H groups in total. The van der Waals surface area contributed by atoms with Crippen molar-refractivity contribution in [3.05, 3.63) is 0 Å².